The Kier molecular flexibility index (Phi) is 4.23. The van der Waals surface area contributed by atoms with Gasteiger partial charge in [-0.05, 0) is 43.4 Å². The van der Waals surface area contributed by atoms with E-state index >= 15 is 0 Å². The van der Waals surface area contributed by atoms with Crippen LogP contribution in [0.3, 0.4) is 0 Å². The first-order valence-corrected chi connectivity index (χ1v) is 8.82. The third-order valence-corrected chi connectivity index (χ3v) is 5.31. The minimum Gasteiger partial charge on any atom is -0.465 e. The van der Waals surface area contributed by atoms with Gasteiger partial charge in [0.15, 0.2) is 0 Å². The van der Waals surface area contributed by atoms with Crippen LogP contribution in [0.2, 0.25) is 0 Å². The van der Waals surface area contributed by atoms with E-state index in [1.807, 2.05) is 6.92 Å². The number of furan rings is 1. The Balaban J connectivity index is 1.44. The number of hydrogen-bond acceptors (Lipinski definition) is 3. The number of aryl methyl sites for hydroxylation is 1. The van der Waals surface area contributed by atoms with Gasteiger partial charge in [-0.15, -0.1) is 0 Å². The SMILES string of the molecule is Cc1ccc(CN2C[C@@H]3CC[C@H](C2)N(Cc2ccccc2)C3)o1. The van der Waals surface area contributed by atoms with E-state index in [4.69, 9.17) is 4.42 Å². The molecule has 1 aromatic carbocycles. The summed E-state index contributed by atoms with van der Waals surface area (Å²) >= 11 is 0. The van der Waals surface area contributed by atoms with Crippen LogP contribution in [0.1, 0.15) is 29.9 Å². The van der Waals surface area contributed by atoms with Crippen LogP contribution in [0.5, 0.6) is 0 Å². The fourth-order valence-corrected chi connectivity index (χ4v) is 4.21. The van der Waals surface area contributed by atoms with E-state index in [1.54, 1.807) is 0 Å². The summed E-state index contributed by atoms with van der Waals surface area (Å²) in [4.78, 5) is 5.31. The van der Waals surface area contributed by atoms with Crippen molar-refractivity contribution in [1.82, 2.24) is 9.80 Å². The van der Waals surface area contributed by atoms with Crippen LogP contribution >= 0.6 is 0 Å². The molecule has 1 aromatic heterocycles. The van der Waals surface area contributed by atoms with Crippen molar-refractivity contribution in [3.05, 3.63) is 59.5 Å². The van der Waals surface area contributed by atoms with Gasteiger partial charge in [0.1, 0.15) is 11.5 Å². The predicted molar refractivity (Wildman–Crippen MR) is 92.1 cm³/mol. The fraction of sp³-hybridized carbons (Fsp3) is 0.500. The highest BCUT2D eigenvalue weighted by molar-refractivity contribution is 5.15. The van der Waals surface area contributed by atoms with E-state index in [1.165, 1.54) is 38.0 Å². The summed E-state index contributed by atoms with van der Waals surface area (Å²) in [5.74, 6) is 2.93. The Labute approximate surface area is 138 Å². The largest absolute Gasteiger partial charge is 0.465 e. The van der Waals surface area contributed by atoms with Crippen molar-refractivity contribution in [2.24, 2.45) is 5.92 Å². The van der Waals surface area contributed by atoms with Crippen molar-refractivity contribution in [3.8, 4) is 0 Å². The Bertz CT molecular complexity index is 636. The molecular formula is C20H26N2O. The van der Waals surface area contributed by atoms with Gasteiger partial charge in [-0.3, -0.25) is 9.80 Å². The molecule has 3 heteroatoms. The molecule has 5 rings (SSSR count). The smallest absolute Gasteiger partial charge is 0.118 e. The molecule has 4 heterocycles. The Morgan fingerprint density at radius 3 is 2.61 bits per heavy atom. The molecule has 3 aliphatic heterocycles. The van der Waals surface area contributed by atoms with Crippen LogP contribution in [0, 0.1) is 12.8 Å². The highest BCUT2D eigenvalue weighted by Crippen LogP contribution is 2.30. The number of fused-ring (bicyclic) bond motifs is 4. The minimum atomic E-state index is 0.685. The number of hydrogen-bond donors (Lipinski definition) is 0. The standard InChI is InChI=1S/C20H26N2O/c1-16-7-10-20(23-16)15-21-11-18-8-9-19(14-21)22(13-18)12-17-5-3-2-4-6-17/h2-7,10,18-19H,8-9,11-15H2,1H3/t18-,19+/m0/s1. The van der Waals surface area contributed by atoms with Crippen molar-refractivity contribution < 1.29 is 4.42 Å². The predicted octanol–water partition coefficient (Wildman–Crippen LogP) is 3.68. The molecule has 0 amide bonds. The zero-order valence-corrected chi connectivity index (χ0v) is 13.9. The van der Waals surface area contributed by atoms with Crippen LogP contribution in [0.15, 0.2) is 46.9 Å². The molecule has 3 aliphatic rings. The van der Waals surface area contributed by atoms with E-state index < -0.39 is 0 Å². The molecule has 23 heavy (non-hydrogen) atoms. The highest BCUT2D eigenvalue weighted by atomic mass is 16.3. The Morgan fingerprint density at radius 2 is 1.83 bits per heavy atom. The maximum Gasteiger partial charge on any atom is 0.118 e. The monoisotopic (exact) mass is 310 g/mol. The van der Waals surface area contributed by atoms with Gasteiger partial charge in [0, 0.05) is 32.2 Å². The Hall–Kier alpha value is -1.58. The van der Waals surface area contributed by atoms with E-state index in [2.05, 4.69) is 52.3 Å². The molecule has 2 aromatic rings. The molecule has 3 nitrogen and oxygen atoms in total. The lowest BCUT2D eigenvalue weighted by Crippen LogP contribution is -2.43. The summed E-state index contributed by atoms with van der Waals surface area (Å²) in [6, 6.07) is 15.8. The second-order valence-electron chi connectivity index (χ2n) is 7.22. The molecule has 0 radical (unpaired) electrons. The lowest BCUT2D eigenvalue weighted by molar-refractivity contribution is 0.122. The van der Waals surface area contributed by atoms with Crippen molar-refractivity contribution in [2.45, 2.75) is 38.9 Å². The molecule has 3 saturated heterocycles. The van der Waals surface area contributed by atoms with Gasteiger partial charge in [-0.2, -0.15) is 0 Å². The summed E-state index contributed by atoms with van der Waals surface area (Å²) in [6.07, 6.45) is 2.72. The molecule has 0 aliphatic carbocycles. The zero-order chi connectivity index (χ0) is 15.6. The van der Waals surface area contributed by atoms with E-state index in [0.717, 1.165) is 30.5 Å². The van der Waals surface area contributed by atoms with Crippen LogP contribution in [-0.2, 0) is 13.1 Å². The van der Waals surface area contributed by atoms with E-state index in [-0.39, 0.29) is 0 Å². The van der Waals surface area contributed by atoms with Gasteiger partial charge < -0.3 is 4.42 Å². The second-order valence-corrected chi connectivity index (χ2v) is 7.22. The van der Waals surface area contributed by atoms with Gasteiger partial charge in [0.25, 0.3) is 0 Å². The van der Waals surface area contributed by atoms with Gasteiger partial charge in [0.2, 0.25) is 0 Å². The molecule has 3 fully saturated rings. The van der Waals surface area contributed by atoms with Gasteiger partial charge in [0.05, 0.1) is 6.54 Å². The molecule has 0 saturated carbocycles. The first-order chi connectivity index (χ1) is 11.3. The summed E-state index contributed by atoms with van der Waals surface area (Å²) < 4.78 is 5.79. The number of piperidine rings is 1. The number of nitrogens with zero attached hydrogens (tertiary/aromatic N) is 2. The fourth-order valence-electron chi connectivity index (χ4n) is 4.21. The van der Waals surface area contributed by atoms with Gasteiger partial charge in [-0.1, -0.05) is 30.3 Å². The van der Waals surface area contributed by atoms with Gasteiger partial charge >= 0.3 is 0 Å². The number of benzene rings is 1. The molecular weight excluding hydrogens is 284 g/mol. The third-order valence-electron chi connectivity index (χ3n) is 5.31. The van der Waals surface area contributed by atoms with E-state index in [9.17, 15) is 0 Å². The average molecular weight is 310 g/mol. The Morgan fingerprint density at radius 1 is 0.957 bits per heavy atom. The normalized spacial score (nSPS) is 25.6. The lowest BCUT2D eigenvalue weighted by atomic mass is 9.94. The molecule has 0 unspecified atom stereocenters. The second kappa shape index (κ2) is 6.50. The van der Waals surface area contributed by atoms with Crippen molar-refractivity contribution in [3.63, 3.8) is 0 Å². The summed E-state index contributed by atoms with van der Waals surface area (Å²) in [5, 5.41) is 0. The molecule has 0 N–H and O–H groups in total. The van der Waals surface area contributed by atoms with E-state index in [0.29, 0.717) is 6.04 Å². The minimum absolute atomic E-state index is 0.685. The maximum atomic E-state index is 5.79. The first kappa shape index (κ1) is 15.0. The van der Waals surface area contributed by atoms with Crippen molar-refractivity contribution in [2.75, 3.05) is 19.6 Å². The molecule has 2 bridgehead atoms. The third kappa shape index (κ3) is 3.51. The quantitative estimate of drug-likeness (QED) is 0.859. The van der Waals surface area contributed by atoms with Crippen LogP contribution in [0.4, 0.5) is 0 Å². The van der Waals surface area contributed by atoms with Gasteiger partial charge in [-0.25, -0.2) is 0 Å². The lowest BCUT2D eigenvalue weighted by Gasteiger charge is -2.36. The van der Waals surface area contributed by atoms with Crippen LogP contribution < -0.4 is 0 Å². The highest BCUT2D eigenvalue weighted by Gasteiger charge is 2.34. The molecule has 0 spiro atoms. The maximum absolute atomic E-state index is 5.79. The number of rotatable bonds is 4. The van der Waals surface area contributed by atoms with Crippen molar-refractivity contribution in [1.29, 1.82) is 0 Å². The molecule has 122 valence electrons. The summed E-state index contributed by atoms with van der Waals surface area (Å²) in [6.45, 7) is 7.70. The average Bonchev–Trinajstić information content (AvgIpc) is 2.77. The zero-order valence-electron chi connectivity index (χ0n) is 13.9. The van der Waals surface area contributed by atoms with Crippen LogP contribution in [-0.4, -0.2) is 35.5 Å². The van der Waals surface area contributed by atoms with Crippen molar-refractivity contribution >= 4 is 0 Å². The first-order valence-electron chi connectivity index (χ1n) is 8.82. The summed E-state index contributed by atoms with van der Waals surface area (Å²) in [5.41, 5.74) is 1.44. The van der Waals surface area contributed by atoms with Crippen LogP contribution in [0.25, 0.3) is 0 Å². The molecule has 2 atom stereocenters. The summed E-state index contributed by atoms with van der Waals surface area (Å²) in [7, 11) is 0. The topological polar surface area (TPSA) is 19.6 Å².